The van der Waals surface area contributed by atoms with E-state index in [1.165, 1.54) is 12.1 Å². The van der Waals surface area contributed by atoms with Crippen molar-refractivity contribution in [3.05, 3.63) is 47.4 Å². The second-order valence-electron chi connectivity index (χ2n) is 7.60. The van der Waals surface area contributed by atoms with Crippen LogP contribution in [0.1, 0.15) is 35.3 Å². The second kappa shape index (κ2) is 7.72. The Balaban J connectivity index is 0.00000205. The molecule has 2 unspecified atom stereocenters. The average molecular weight is 417 g/mol. The van der Waals surface area contributed by atoms with Crippen LogP contribution in [0.2, 0.25) is 0 Å². The molecule has 5 rings (SSSR count). The number of aryl methyl sites for hydroxylation is 1. The molecule has 0 radical (unpaired) electrons. The molecule has 0 aliphatic carbocycles. The van der Waals surface area contributed by atoms with Crippen LogP contribution in [-0.2, 0) is 0 Å². The number of aromatic nitrogens is 2. The number of pyridine rings is 1. The van der Waals surface area contributed by atoms with Crippen LogP contribution in [0, 0.1) is 12.7 Å². The molecule has 2 saturated heterocycles. The Hall–Kier alpha value is -2.51. The molecule has 2 atom stereocenters. The van der Waals surface area contributed by atoms with Gasteiger partial charge in [-0.2, -0.15) is 0 Å². The van der Waals surface area contributed by atoms with E-state index in [1.54, 1.807) is 18.2 Å². The van der Waals surface area contributed by atoms with Gasteiger partial charge < -0.3 is 14.7 Å². The number of carbonyl (C=O) groups is 1. The van der Waals surface area contributed by atoms with Crippen molar-refractivity contribution in [2.24, 2.45) is 0 Å². The highest BCUT2D eigenvalue weighted by Crippen LogP contribution is 2.33. The highest BCUT2D eigenvalue weighted by molar-refractivity contribution is 6.07. The normalized spacial score (nSPS) is 21.1. The standard InChI is InChI=1S/C21H21FN4O2.ClH/c1-12-19-17(21(27)26-15-6-7-16(26)11-23-9-8-15)10-18(24-20(19)28-25-12)13-2-4-14(22)5-3-13;/h2-5,10,15-16,23H,6-9,11H2,1H3;1H. The van der Waals surface area contributed by atoms with E-state index in [4.69, 9.17) is 4.52 Å². The van der Waals surface area contributed by atoms with Crippen LogP contribution in [-0.4, -0.2) is 46.1 Å². The van der Waals surface area contributed by atoms with E-state index in [2.05, 4.69) is 15.5 Å². The van der Waals surface area contributed by atoms with Crippen molar-refractivity contribution in [3.8, 4) is 11.3 Å². The van der Waals surface area contributed by atoms with Crippen LogP contribution in [0.3, 0.4) is 0 Å². The van der Waals surface area contributed by atoms with Gasteiger partial charge in [0.25, 0.3) is 11.6 Å². The van der Waals surface area contributed by atoms with E-state index in [0.717, 1.165) is 37.9 Å². The molecule has 152 valence electrons. The summed E-state index contributed by atoms with van der Waals surface area (Å²) >= 11 is 0. The van der Waals surface area contributed by atoms with Crippen molar-refractivity contribution in [1.29, 1.82) is 0 Å². The first-order chi connectivity index (χ1) is 13.6. The second-order valence-corrected chi connectivity index (χ2v) is 7.60. The lowest BCUT2D eigenvalue weighted by Crippen LogP contribution is -2.42. The van der Waals surface area contributed by atoms with Crippen molar-refractivity contribution >= 4 is 29.4 Å². The first kappa shape index (κ1) is 19.8. The smallest absolute Gasteiger partial charge is 0.259 e. The summed E-state index contributed by atoms with van der Waals surface area (Å²) in [6, 6.07) is 8.33. The summed E-state index contributed by atoms with van der Waals surface area (Å²) in [6.45, 7) is 3.58. The van der Waals surface area contributed by atoms with Gasteiger partial charge in [0.05, 0.1) is 22.3 Å². The molecule has 4 heterocycles. The Labute approximate surface area is 173 Å². The maximum Gasteiger partial charge on any atom is 0.259 e. The lowest BCUT2D eigenvalue weighted by atomic mass is 10.0. The number of nitrogens with zero attached hydrogens (tertiary/aromatic N) is 3. The Kier molecular flexibility index (Phi) is 5.27. The molecule has 0 spiro atoms. The fraction of sp³-hybridized carbons (Fsp3) is 0.381. The van der Waals surface area contributed by atoms with Crippen LogP contribution in [0.4, 0.5) is 4.39 Å². The van der Waals surface area contributed by atoms with Gasteiger partial charge in [-0.15, -0.1) is 12.4 Å². The van der Waals surface area contributed by atoms with Gasteiger partial charge in [0.2, 0.25) is 0 Å². The molecule has 1 aromatic carbocycles. The molecule has 0 saturated carbocycles. The number of rotatable bonds is 2. The minimum absolute atomic E-state index is 0. The molecule has 2 aliphatic rings. The van der Waals surface area contributed by atoms with Gasteiger partial charge in [-0.25, -0.2) is 9.37 Å². The molecule has 2 bridgehead atoms. The van der Waals surface area contributed by atoms with Gasteiger partial charge >= 0.3 is 0 Å². The SMILES string of the molecule is Cc1noc2nc(-c3ccc(F)cc3)cc(C(=O)N3C4CCNCC3CC4)c12.Cl. The number of nitrogens with one attached hydrogen (secondary N) is 1. The van der Waals surface area contributed by atoms with Crippen LogP contribution < -0.4 is 5.32 Å². The first-order valence-corrected chi connectivity index (χ1v) is 9.68. The van der Waals surface area contributed by atoms with Crippen molar-refractivity contribution in [1.82, 2.24) is 20.4 Å². The quantitative estimate of drug-likeness (QED) is 0.689. The van der Waals surface area contributed by atoms with E-state index in [9.17, 15) is 9.18 Å². The molecular weight excluding hydrogens is 395 g/mol. The topological polar surface area (TPSA) is 71.3 Å². The summed E-state index contributed by atoms with van der Waals surface area (Å²) < 4.78 is 18.7. The van der Waals surface area contributed by atoms with Gasteiger partial charge in [0, 0.05) is 24.2 Å². The lowest BCUT2D eigenvalue weighted by molar-refractivity contribution is 0.0682. The molecule has 2 fully saturated rings. The van der Waals surface area contributed by atoms with Crippen molar-refractivity contribution in [2.75, 3.05) is 13.1 Å². The molecular formula is C21H22ClFN4O2. The summed E-state index contributed by atoms with van der Waals surface area (Å²) in [5, 5.41) is 8.11. The summed E-state index contributed by atoms with van der Waals surface area (Å²) in [5.74, 6) is -0.316. The number of hydrogen-bond acceptors (Lipinski definition) is 5. The molecule has 3 aromatic rings. The van der Waals surface area contributed by atoms with Gasteiger partial charge in [-0.05, 0) is 63.1 Å². The van der Waals surface area contributed by atoms with Crippen LogP contribution in [0.25, 0.3) is 22.4 Å². The van der Waals surface area contributed by atoms with Crippen molar-refractivity contribution in [2.45, 2.75) is 38.3 Å². The summed E-state index contributed by atoms with van der Waals surface area (Å²) in [6.07, 6.45) is 3.02. The van der Waals surface area contributed by atoms with Gasteiger partial charge in [0.1, 0.15) is 5.82 Å². The Morgan fingerprint density at radius 1 is 1.21 bits per heavy atom. The third-order valence-corrected chi connectivity index (χ3v) is 5.88. The Bertz CT molecular complexity index is 1040. The minimum atomic E-state index is -0.315. The zero-order valence-electron chi connectivity index (χ0n) is 16.0. The Morgan fingerprint density at radius 3 is 2.76 bits per heavy atom. The fourth-order valence-electron chi connectivity index (χ4n) is 4.48. The highest BCUT2D eigenvalue weighted by Gasteiger charge is 2.39. The summed E-state index contributed by atoms with van der Waals surface area (Å²) in [5.41, 5.74) is 2.85. The van der Waals surface area contributed by atoms with Crippen molar-refractivity contribution in [3.63, 3.8) is 0 Å². The third kappa shape index (κ3) is 3.38. The van der Waals surface area contributed by atoms with E-state index in [1.807, 2.05) is 11.8 Å². The predicted molar refractivity (Wildman–Crippen MR) is 110 cm³/mol. The molecule has 29 heavy (non-hydrogen) atoms. The number of amides is 1. The highest BCUT2D eigenvalue weighted by atomic mass is 35.5. The third-order valence-electron chi connectivity index (χ3n) is 5.88. The monoisotopic (exact) mass is 416 g/mol. The summed E-state index contributed by atoms with van der Waals surface area (Å²) in [4.78, 5) is 20.2. The van der Waals surface area contributed by atoms with E-state index >= 15 is 0 Å². The lowest BCUT2D eigenvalue weighted by Gasteiger charge is -2.28. The summed E-state index contributed by atoms with van der Waals surface area (Å²) in [7, 11) is 0. The first-order valence-electron chi connectivity index (χ1n) is 9.68. The van der Waals surface area contributed by atoms with Gasteiger partial charge in [0.15, 0.2) is 0 Å². The number of hydrogen-bond donors (Lipinski definition) is 1. The number of benzene rings is 1. The Morgan fingerprint density at radius 2 is 1.97 bits per heavy atom. The number of fused-ring (bicyclic) bond motifs is 3. The molecule has 1 N–H and O–H groups in total. The largest absolute Gasteiger partial charge is 0.335 e. The number of carbonyl (C=O) groups excluding carboxylic acids is 1. The zero-order valence-corrected chi connectivity index (χ0v) is 16.8. The predicted octanol–water partition coefficient (Wildman–Crippen LogP) is 3.73. The van der Waals surface area contributed by atoms with E-state index < -0.39 is 0 Å². The average Bonchev–Trinajstić information content (AvgIpc) is 3.19. The zero-order chi connectivity index (χ0) is 19.3. The molecule has 2 aliphatic heterocycles. The van der Waals surface area contributed by atoms with E-state index in [-0.39, 0.29) is 36.2 Å². The van der Waals surface area contributed by atoms with Gasteiger partial charge in [-0.1, -0.05) is 5.16 Å². The van der Waals surface area contributed by atoms with Crippen molar-refractivity contribution < 1.29 is 13.7 Å². The van der Waals surface area contributed by atoms with E-state index in [0.29, 0.717) is 28.1 Å². The molecule has 2 aromatic heterocycles. The van der Waals surface area contributed by atoms with Crippen LogP contribution in [0.5, 0.6) is 0 Å². The van der Waals surface area contributed by atoms with Crippen LogP contribution >= 0.6 is 12.4 Å². The maximum atomic E-state index is 13.7. The fourth-order valence-corrected chi connectivity index (χ4v) is 4.48. The minimum Gasteiger partial charge on any atom is -0.335 e. The van der Waals surface area contributed by atoms with Crippen LogP contribution in [0.15, 0.2) is 34.9 Å². The number of halogens is 2. The molecule has 1 amide bonds. The maximum absolute atomic E-state index is 13.7. The molecule has 6 nitrogen and oxygen atoms in total. The molecule has 8 heteroatoms. The van der Waals surface area contributed by atoms with Gasteiger partial charge in [-0.3, -0.25) is 4.79 Å².